The topological polar surface area (TPSA) is 93.7 Å². The zero-order valence-electron chi connectivity index (χ0n) is 17.0. The van der Waals surface area contributed by atoms with Crippen LogP contribution in [0.1, 0.15) is 70.2 Å². The summed E-state index contributed by atoms with van der Waals surface area (Å²) in [7, 11) is 0. The number of rotatable bonds is 5. The molecule has 2 N–H and O–H groups in total. The van der Waals surface area contributed by atoms with E-state index in [9.17, 15) is 14.4 Å². The first-order chi connectivity index (χ1) is 13.1. The predicted molar refractivity (Wildman–Crippen MR) is 106 cm³/mol. The molecule has 0 spiro atoms. The molecule has 1 aliphatic carbocycles. The van der Waals surface area contributed by atoms with E-state index in [0.717, 1.165) is 25.7 Å². The number of hydrogen-bond acceptors (Lipinski definition) is 5. The van der Waals surface area contributed by atoms with Gasteiger partial charge in [-0.05, 0) is 64.8 Å². The second-order valence-electron chi connectivity index (χ2n) is 8.10. The van der Waals surface area contributed by atoms with Crippen LogP contribution in [0.15, 0.2) is 24.3 Å². The van der Waals surface area contributed by atoms with Gasteiger partial charge in [0.25, 0.3) is 5.91 Å². The van der Waals surface area contributed by atoms with Gasteiger partial charge in [-0.1, -0.05) is 19.3 Å². The highest BCUT2D eigenvalue weighted by atomic mass is 16.6. The van der Waals surface area contributed by atoms with Gasteiger partial charge < -0.3 is 14.8 Å². The number of amides is 2. The number of carbonyl (C=O) groups is 3. The lowest BCUT2D eigenvalue weighted by Gasteiger charge is -2.24. The highest BCUT2D eigenvalue weighted by molar-refractivity contribution is 5.93. The number of hydrogen-bond donors (Lipinski definition) is 2. The standard InChI is InChI=1S/C21H30N2O5/c1-14(18(24)22-16-8-6-5-7-9-16)27-19(25)15-10-12-17(13-11-15)23-20(26)28-21(2,3)4/h10-14,16H,5-9H2,1-4H3,(H,22,24)(H,23,26)/t14-/m1/s1. The zero-order chi connectivity index (χ0) is 20.7. The Balaban J connectivity index is 1.84. The minimum absolute atomic E-state index is 0.167. The lowest BCUT2D eigenvalue weighted by atomic mass is 9.95. The molecule has 1 aromatic rings. The summed E-state index contributed by atoms with van der Waals surface area (Å²) in [6.07, 6.45) is 3.93. The highest BCUT2D eigenvalue weighted by Gasteiger charge is 2.23. The average molecular weight is 390 g/mol. The van der Waals surface area contributed by atoms with E-state index in [1.807, 2.05) is 0 Å². The van der Waals surface area contributed by atoms with E-state index < -0.39 is 23.8 Å². The molecule has 154 valence electrons. The Morgan fingerprint density at radius 1 is 1.04 bits per heavy atom. The van der Waals surface area contributed by atoms with Crippen molar-refractivity contribution in [1.29, 1.82) is 0 Å². The Morgan fingerprint density at radius 3 is 2.21 bits per heavy atom. The summed E-state index contributed by atoms with van der Waals surface area (Å²) in [5.41, 5.74) is 0.197. The molecule has 0 saturated heterocycles. The van der Waals surface area contributed by atoms with Crippen LogP contribution in [0.25, 0.3) is 0 Å². The lowest BCUT2D eigenvalue weighted by Crippen LogP contribution is -2.42. The van der Waals surface area contributed by atoms with Gasteiger partial charge in [-0.25, -0.2) is 9.59 Å². The van der Waals surface area contributed by atoms with Gasteiger partial charge in [-0.2, -0.15) is 0 Å². The van der Waals surface area contributed by atoms with Crippen molar-refractivity contribution in [2.24, 2.45) is 0 Å². The Morgan fingerprint density at radius 2 is 1.64 bits per heavy atom. The lowest BCUT2D eigenvalue weighted by molar-refractivity contribution is -0.130. The largest absolute Gasteiger partial charge is 0.449 e. The van der Waals surface area contributed by atoms with Crippen molar-refractivity contribution >= 4 is 23.7 Å². The van der Waals surface area contributed by atoms with Crippen molar-refractivity contribution < 1.29 is 23.9 Å². The Labute approximate surface area is 166 Å². The number of anilines is 1. The van der Waals surface area contributed by atoms with Crippen LogP contribution in [-0.2, 0) is 14.3 Å². The summed E-state index contributed by atoms with van der Waals surface area (Å²) < 4.78 is 10.4. The van der Waals surface area contributed by atoms with Gasteiger partial charge in [0.1, 0.15) is 5.60 Å². The Hall–Kier alpha value is -2.57. The van der Waals surface area contributed by atoms with Crippen molar-refractivity contribution in [3.05, 3.63) is 29.8 Å². The maximum atomic E-state index is 12.3. The molecule has 7 heteroatoms. The summed E-state index contributed by atoms with van der Waals surface area (Å²) in [5, 5.41) is 5.54. The number of carbonyl (C=O) groups excluding carboxylic acids is 3. The SMILES string of the molecule is C[C@@H](OC(=O)c1ccc(NC(=O)OC(C)(C)C)cc1)C(=O)NC1CCCCC1. The number of esters is 1. The van der Waals surface area contributed by atoms with Crippen LogP contribution >= 0.6 is 0 Å². The van der Waals surface area contributed by atoms with Gasteiger partial charge in [0, 0.05) is 11.7 Å². The van der Waals surface area contributed by atoms with Gasteiger partial charge in [0.2, 0.25) is 0 Å². The van der Waals surface area contributed by atoms with Crippen LogP contribution in [0, 0.1) is 0 Å². The molecule has 0 bridgehead atoms. The van der Waals surface area contributed by atoms with E-state index in [0.29, 0.717) is 11.3 Å². The van der Waals surface area contributed by atoms with E-state index in [-0.39, 0.29) is 11.9 Å². The van der Waals surface area contributed by atoms with Crippen LogP contribution in [0.5, 0.6) is 0 Å². The van der Waals surface area contributed by atoms with E-state index in [1.54, 1.807) is 39.8 Å². The molecule has 1 saturated carbocycles. The van der Waals surface area contributed by atoms with Gasteiger partial charge in [-0.3, -0.25) is 10.1 Å². The normalized spacial score (nSPS) is 16.0. The summed E-state index contributed by atoms with van der Waals surface area (Å²) in [6.45, 7) is 6.89. The van der Waals surface area contributed by atoms with E-state index >= 15 is 0 Å². The molecule has 2 amide bonds. The predicted octanol–water partition coefficient (Wildman–Crippen LogP) is 4.03. The van der Waals surface area contributed by atoms with Crippen molar-refractivity contribution in [3.63, 3.8) is 0 Å². The van der Waals surface area contributed by atoms with Crippen LogP contribution in [0.4, 0.5) is 10.5 Å². The third-order valence-corrected chi connectivity index (χ3v) is 4.37. The smallest absolute Gasteiger partial charge is 0.412 e. The van der Waals surface area contributed by atoms with Crippen molar-refractivity contribution in [2.75, 3.05) is 5.32 Å². The Bertz CT molecular complexity index is 688. The first kappa shape index (κ1) is 21.7. The molecule has 1 aromatic carbocycles. The third kappa shape index (κ3) is 7.21. The number of nitrogens with one attached hydrogen (secondary N) is 2. The molecule has 0 aromatic heterocycles. The fourth-order valence-electron chi connectivity index (χ4n) is 2.96. The molecule has 1 aliphatic rings. The molecule has 0 aliphatic heterocycles. The highest BCUT2D eigenvalue weighted by Crippen LogP contribution is 2.18. The second-order valence-corrected chi connectivity index (χ2v) is 8.10. The number of benzene rings is 1. The molecular weight excluding hydrogens is 360 g/mol. The molecule has 7 nitrogen and oxygen atoms in total. The summed E-state index contributed by atoms with van der Waals surface area (Å²) >= 11 is 0. The summed E-state index contributed by atoms with van der Waals surface area (Å²) in [6, 6.07) is 6.38. The van der Waals surface area contributed by atoms with Crippen molar-refractivity contribution in [2.45, 2.75) is 77.5 Å². The third-order valence-electron chi connectivity index (χ3n) is 4.37. The van der Waals surface area contributed by atoms with Crippen LogP contribution in [-0.4, -0.2) is 35.7 Å². The van der Waals surface area contributed by atoms with Crippen molar-refractivity contribution in [3.8, 4) is 0 Å². The first-order valence-corrected chi connectivity index (χ1v) is 9.75. The second kappa shape index (κ2) is 9.57. The molecule has 1 atom stereocenters. The van der Waals surface area contributed by atoms with Gasteiger partial charge in [-0.15, -0.1) is 0 Å². The van der Waals surface area contributed by atoms with Crippen LogP contribution < -0.4 is 10.6 Å². The maximum absolute atomic E-state index is 12.3. The van der Waals surface area contributed by atoms with E-state index in [1.165, 1.54) is 18.6 Å². The zero-order valence-corrected chi connectivity index (χ0v) is 17.0. The van der Waals surface area contributed by atoms with E-state index in [4.69, 9.17) is 9.47 Å². The molecule has 28 heavy (non-hydrogen) atoms. The van der Waals surface area contributed by atoms with Crippen molar-refractivity contribution in [1.82, 2.24) is 5.32 Å². The monoisotopic (exact) mass is 390 g/mol. The van der Waals surface area contributed by atoms with Gasteiger partial charge in [0.05, 0.1) is 5.56 Å². The van der Waals surface area contributed by atoms with E-state index in [2.05, 4.69) is 10.6 Å². The molecule has 1 fully saturated rings. The average Bonchev–Trinajstić information content (AvgIpc) is 2.61. The Kier molecular flexibility index (Phi) is 7.43. The minimum Gasteiger partial charge on any atom is -0.449 e. The fourth-order valence-corrected chi connectivity index (χ4v) is 2.96. The molecule has 0 radical (unpaired) electrons. The number of ether oxygens (including phenoxy) is 2. The summed E-state index contributed by atoms with van der Waals surface area (Å²) in [4.78, 5) is 36.2. The molecular formula is C21H30N2O5. The molecule has 0 unspecified atom stereocenters. The summed E-state index contributed by atoms with van der Waals surface area (Å²) in [5.74, 6) is -0.862. The minimum atomic E-state index is -0.867. The molecule has 2 rings (SSSR count). The van der Waals surface area contributed by atoms with Gasteiger partial charge in [0.15, 0.2) is 6.10 Å². The van der Waals surface area contributed by atoms with Gasteiger partial charge >= 0.3 is 12.1 Å². The maximum Gasteiger partial charge on any atom is 0.412 e. The first-order valence-electron chi connectivity index (χ1n) is 9.75. The molecule has 0 heterocycles. The van der Waals surface area contributed by atoms with Crippen LogP contribution in [0.2, 0.25) is 0 Å². The van der Waals surface area contributed by atoms with Crippen LogP contribution in [0.3, 0.4) is 0 Å². The fraction of sp³-hybridized carbons (Fsp3) is 0.571. The quantitative estimate of drug-likeness (QED) is 0.741.